The molecule has 0 aromatic heterocycles. The lowest BCUT2D eigenvalue weighted by atomic mass is 10.1. The van der Waals surface area contributed by atoms with Gasteiger partial charge in [-0.1, -0.05) is 73.5 Å². The first-order valence-corrected chi connectivity index (χ1v) is 9.19. The molecule has 0 N–H and O–H groups in total. The van der Waals surface area contributed by atoms with Crippen LogP contribution in [-0.4, -0.2) is 37.0 Å². The highest BCUT2D eigenvalue weighted by molar-refractivity contribution is 5.14. The molecule has 2 aromatic carbocycles. The number of hydrogen-bond donors (Lipinski definition) is 0. The third-order valence-corrected chi connectivity index (χ3v) is 4.42. The van der Waals surface area contributed by atoms with Crippen LogP contribution in [0.5, 0.6) is 0 Å². The normalized spacial score (nSPS) is 11.3. The summed E-state index contributed by atoms with van der Waals surface area (Å²) in [7, 11) is 4.45. The summed E-state index contributed by atoms with van der Waals surface area (Å²) in [4.78, 5) is 4.85. The molecule has 2 aromatic rings. The second-order valence-corrected chi connectivity index (χ2v) is 6.86. The van der Waals surface area contributed by atoms with Crippen molar-refractivity contribution in [3.63, 3.8) is 0 Å². The van der Waals surface area contributed by atoms with Crippen LogP contribution in [0.25, 0.3) is 0 Å². The molecule has 0 atom stereocenters. The summed E-state index contributed by atoms with van der Waals surface area (Å²) in [5.41, 5.74) is 2.81. The maximum absolute atomic E-state index is 2.43. The molecule has 130 valence electrons. The Bertz CT molecular complexity index is 487. The Hall–Kier alpha value is -1.64. The average molecular weight is 325 g/mol. The van der Waals surface area contributed by atoms with Gasteiger partial charge in [-0.25, -0.2) is 0 Å². The molecule has 0 fully saturated rings. The fourth-order valence-electron chi connectivity index (χ4n) is 3.07. The highest BCUT2D eigenvalue weighted by atomic mass is 15.1. The molecule has 0 saturated carbocycles. The summed E-state index contributed by atoms with van der Waals surface area (Å²) in [6.45, 7) is 4.49. The summed E-state index contributed by atoms with van der Waals surface area (Å²) in [6.07, 6.45) is 5.26. The van der Waals surface area contributed by atoms with Crippen molar-refractivity contribution in [2.75, 3.05) is 27.2 Å². The third-order valence-electron chi connectivity index (χ3n) is 4.42. The van der Waals surface area contributed by atoms with Gasteiger partial charge in [0, 0.05) is 13.1 Å². The van der Waals surface area contributed by atoms with E-state index in [2.05, 4.69) is 84.6 Å². The lowest BCUT2D eigenvalue weighted by molar-refractivity contribution is 0.302. The van der Waals surface area contributed by atoms with Gasteiger partial charge in [0.05, 0.1) is 0 Å². The van der Waals surface area contributed by atoms with Gasteiger partial charge in [-0.15, -0.1) is 0 Å². The molecule has 0 unspecified atom stereocenters. The molecule has 0 aliphatic rings. The SMILES string of the molecule is CN(CCCCCCN(C)Cc1ccccc1)Cc1ccccc1. The first kappa shape index (κ1) is 18.7. The summed E-state index contributed by atoms with van der Waals surface area (Å²) in [5.74, 6) is 0. The van der Waals surface area contributed by atoms with Crippen molar-refractivity contribution in [3.8, 4) is 0 Å². The van der Waals surface area contributed by atoms with Crippen LogP contribution < -0.4 is 0 Å². The molecule has 2 rings (SSSR count). The zero-order valence-electron chi connectivity index (χ0n) is 15.3. The smallest absolute Gasteiger partial charge is 0.0230 e. The van der Waals surface area contributed by atoms with E-state index in [0.717, 1.165) is 13.1 Å². The first-order chi connectivity index (χ1) is 11.7. The van der Waals surface area contributed by atoms with Crippen molar-refractivity contribution in [2.45, 2.75) is 38.8 Å². The van der Waals surface area contributed by atoms with Crippen molar-refractivity contribution in [2.24, 2.45) is 0 Å². The van der Waals surface area contributed by atoms with Gasteiger partial charge in [0.1, 0.15) is 0 Å². The molecule has 0 heterocycles. The molecule has 2 nitrogen and oxygen atoms in total. The van der Waals surface area contributed by atoms with Gasteiger partial charge in [-0.2, -0.15) is 0 Å². The van der Waals surface area contributed by atoms with E-state index in [1.807, 2.05) is 0 Å². The van der Waals surface area contributed by atoms with E-state index in [4.69, 9.17) is 0 Å². The Morgan fingerprint density at radius 2 is 0.917 bits per heavy atom. The van der Waals surface area contributed by atoms with Gasteiger partial charge in [-0.05, 0) is 51.2 Å². The predicted octanol–water partition coefficient (Wildman–Crippen LogP) is 4.81. The molecule has 0 bridgehead atoms. The molecule has 2 heteroatoms. The number of benzene rings is 2. The number of rotatable bonds is 11. The number of nitrogens with zero attached hydrogens (tertiary/aromatic N) is 2. The van der Waals surface area contributed by atoms with Crippen LogP contribution in [0.2, 0.25) is 0 Å². The molecule has 0 radical (unpaired) electrons. The molecular weight excluding hydrogens is 292 g/mol. The van der Waals surface area contributed by atoms with Crippen LogP contribution in [0, 0.1) is 0 Å². The molecule has 0 amide bonds. The first-order valence-electron chi connectivity index (χ1n) is 9.19. The van der Waals surface area contributed by atoms with E-state index in [0.29, 0.717) is 0 Å². The summed E-state index contributed by atoms with van der Waals surface area (Å²) >= 11 is 0. The Morgan fingerprint density at radius 3 is 1.29 bits per heavy atom. The topological polar surface area (TPSA) is 6.48 Å². The Balaban J connectivity index is 1.49. The zero-order valence-corrected chi connectivity index (χ0v) is 15.3. The largest absolute Gasteiger partial charge is 0.302 e. The maximum atomic E-state index is 2.43. The minimum atomic E-state index is 1.06. The van der Waals surface area contributed by atoms with E-state index < -0.39 is 0 Å². The molecule has 0 spiro atoms. The quantitative estimate of drug-likeness (QED) is 0.547. The van der Waals surface area contributed by atoms with Crippen LogP contribution in [-0.2, 0) is 13.1 Å². The fourth-order valence-corrected chi connectivity index (χ4v) is 3.07. The Labute approximate surface area is 148 Å². The van der Waals surface area contributed by atoms with E-state index in [-0.39, 0.29) is 0 Å². The summed E-state index contributed by atoms with van der Waals surface area (Å²) < 4.78 is 0. The van der Waals surface area contributed by atoms with Crippen LogP contribution >= 0.6 is 0 Å². The number of unbranched alkanes of at least 4 members (excludes halogenated alkanes) is 3. The maximum Gasteiger partial charge on any atom is 0.0230 e. The summed E-state index contributed by atoms with van der Waals surface area (Å²) in [5, 5.41) is 0. The molecule has 0 aliphatic carbocycles. The van der Waals surface area contributed by atoms with Crippen molar-refractivity contribution < 1.29 is 0 Å². The third kappa shape index (κ3) is 7.76. The van der Waals surface area contributed by atoms with Crippen LogP contribution in [0.15, 0.2) is 60.7 Å². The van der Waals surface area contributed by atoms with Crippen molar-refractivity contribution in [1.82, 2.24) is 9.80 Å². The standard InChI is InChI=1S/C22H32N2/c1-23(19-21-13-7-5-8-14-21)17-11-3-4-12-18-24(2)20-22-15-9-6-10-16-22/h5-10,13-16H,3-4,11-12,17-20H2,1-2H3. The van der Waals surface area contributed by atoms with Crippen molar-refractivity contribution in [3.05, 3.63) is 71.8 Å². The van der Waals surface area contributed by atoms with Gasteiger partial charge in [0.2, 0.25) is 0 Å². The number of hydrogen-bond acceptors (Lipinski definition) is 2. The molecular formula is C22H32N2. The highest BCUT2D eigenvalue weighted by Crippen LogP contribution is 2.07. The van der Waals surface area contributed by atoms with Gasteiger partial charge in [0.15, 0.2) is 0 Å². The van der Waals surface area contributed by atoms with Gasteiger partial charge in [-0.3, -0.25) is 0 Å². The van der Waals surface area contributed by atoms with E-state index in [1.165, 1.54) is 49.9 Å². The van der Waals surface area contributed by atoms with Crippen LogP contribution in [0.1, 0.15) is 36.8 Å². The minimum absolute atomic E-state index is 1.06. The van der Waals surface area contributed by atoms with Crippen molar-refractivity contribution >= 4 is 0 Å². The highest BCUT2D eigenvalue weighted by Gasteiger charge is 2.02. The van der Waals surface area contributed by atoms with Gasteiger partial charge >= 0.3 is 0 Å². The van der Waals surface area contributed by atoms with Gasteiger partial charge < -0.3 is 9.80 Å². The van der Waals surface area contributed by atoms with E-state index in [9.17, 15) is 0 Å². The lowest BCUT2D eigenvalue weighted by Gasteiger charge is -2.18. The van der Waals surface area contributed by atoms with Crippen LogP contribution in [0.3, 0.4) is 0 Å². The lowest BCUT2D eigenvalue weighted by Crippen LogP contribution is -2.20. The minimum Gasteiger partial charge on any atom is -0.302 e. The Morgan fingerprint density at radius 1 is 0.542 bits per heavy atom. The average Bonchev–Trinajstić information content (AvgIpc) is 2.60. The molecule has 0 aliphatic heterocycles. The second kappa shape index (κ2) is 11.0. The van der Waals surface area contributed by atoms with Crippen LogP contribution in [0.4, 0.5) is 0 Å². The second-order valence-electron chi connectivity index (χ2n) is 6.86. The van der Waals surface area contributed by atoms with E-state index >= 15 is 0 Å². The van der Waals surface area contributed by atoms with Gasteiger partial charge in [0.25, 0.3) is 0 Å². The fraction of sp³-hybridized carbons (Fsp3) is 0.455. The summed E-state index contributed by atoms with van der Waals surface area (Å²) in [6, 6.07) is 21.5. The van der Waals surface area contributed by atoms with E-state index in [1.54, 1.807) is 0 Å². The predicted molar refractivity (Wildman–Crippen MR) is 104 cm³/mol. The molecule has 24 heavy (non-hydrogen) atoms. The monoisotopic (exact) mass is 324 g/mol. The molecule has 0 saturated heterocycles. The zero-order chi connectivity index (χ0) is 17.0. The Kier molecular flexibility index (Phi) is 8.58. The van der Waals surface area contributed by atoms with Crippen molar-refractivity contribution in [1.29, 1.82) is 0 Å².